The van der Waals surface area contributed by atoms with E-state index in [0.29, 0.717) is 0 Å². The van der Waals surface area contributed by atoms with Crippen LogP contribution in [0.15, 0.2) is 64.9 Å². The van der Waals surface area contributed by atoms with Crippen LogP contribution < -0.4 is 5.32 Å². The first-order valence-corrected chi connectivity index (χ1v) is 12.5. The third kappa shape index (κ3) is 5.90. The molecule has 1 aromatic rings. The first kappa shape index (κ1) is 23.6. The second-order valence-electron chi connectivity index (χ2n) is 6.55. The molecule has 10 heteroatoms. The van der Waals surface area contributed by atoms with Crippen molar-refractivity contribution >= 4 is 31.5 Å². The van der Waals surface area contributed by atoms with Crippen molar-refractivity contribution in [1.29, 1.82) is 0 Å². The molecular weight excluding hydrogens is 428 g/mol. The molecule has 2 rings (SSSR count). The summed E-state index contributed by atoms with van der Waals surface area (Å²) in [6.45, 7) is 5.16. The molecule has 30 heavy (non-hydrogen) atoms. The van der Waals surface area contributed by atoms with E-state index in [0.717, 1.165) is 0 Å². The van der Waals surface area contributed by atoms with Gasteiger partial charge in [0.05, 0.1) is 27.9 Å². The third-order valence-electron chi connectivity index (χ3n) is 4.45. The fraction of sp³-hybridized carbons (Fsp3) is 0.300. The molecule has 1 heterocycles. The van der Waals surface area contributed by atoms with Crippen LogP contribution in [-0.4, -0.2) is 64.7 Å². The van der Waals surface area contributed by atoms with Gasteiger partial charge < -0.3 is 10.2 Å². The Kier molecular flexibility index (Phi) is 7.74. The fourth-order valence-electron chi connectivity index (χ4n) is 2.77. The first-order chi connectivity index (χ1) is 14.1. The standard InChI is InChI=1S/C20H24N2O6S2/c1-3-5-17(6-4-2)30(27,28)18-9-7-16(8-10-18)20(24)21-15-19(23)22-11-13-29(25,26)14-12-22/h3-10H,1,11-15H2,2H3,(H,21,24)/b6-4-,17-5+. The van der Waals surface area contributed by atoms with E-state index in [4.69, 9.17) is 0 Å². The molecule has 2 amide bonds. The number of nitrogens with zero attached hydrogens (tertiary/aromatic N) is 1. The summed E-state index contributed by atoms with van der Waals surface area (Å²) in [6, 6.07) is 5.37. The molecule has 1 aliphatic rings. The van der Waals surface area contributed by atoms with Gasteiger partial charge >= 0.3 is 0 Å². The summed E-state index contributed by atoms with van der Waals surface area (Å²) < 4.78 is 48.2. The number of sulfone groups is 2. The lowest BCUT2D eigenvalue weighted by atomic mass is 10.2. The van der Waals surface area contributed by atoms with Crippen LogP contribution in [-0.2, 0) is 24.5 Å². The lowest BCUT2D eigenvalue weighted by Gasteiger charge is -2.26. The zero-order valence-electron chi connectivity index (χ0n) is 16.6. The second kappa shape index (κ2) is 9.86. The molecule has 1 saturated heterocycles. The number of amides is 2. The second-order valence-corrected chi connectivity index (χ2v) is 10.8. The highest BCUT2D eigenvalue weighted by Crippen LogP contribution is 2.21. The summed E-state index contributed by atoms with van der Waals surface area (Å²) in [5, 5.41) is 2.47. The Bertz CT molecular complexity index is 1070. The predicted octanol–water partition coefficient (Wildman–Crippen LogP) is 1.09. The average Bonchev–Trinajstić information content (AvgIpc) is 2.71. The number of rotatable bonds is 7. The molecule has 0 atom stereocenters. The van der Waals surface area contributed by atoms with Crippen molar-refractivity contribution in [2.75, 3.05) is 31.1 Å². The monoisotopic (exact) mass is 452 g/mol. The molecule has 0 aromatic heterocycles. The molecule has 0 spiro atoms. The van der Waals surface area contributed by atoms with E-state index >= 15 is 0 Å². The van der Waals surface area contributed by atoms with E-state index in [2.05, 4.69) is 11.9 Å². The first-order valence-electron chi connectivity index (χ1n) is 9.17. The van der Waals surface area contributed by atoms with E-state index in [1.54, 1.807) is 13.0 Å². The predicted molar refractivity (Wildman–Crippen MR) is 114 cm³/mol. The Morgan fingerprint density at radius 2 is 1.77 bits per heavy atom. The molecule has 0 bridgehead atoms. The van der Waals surface area contributed by atoms with Crippen LogP contribution in [0.3, 0.4) is 0 Å². The number of hydrogen-bond donors (Lipinski definition) is 1. The normalized spacial score (nSPS) is 17.0. The Hall–Kier alpha value is -2.72. The highest BCUT2D eigenvalue weighted by Gasteiger charge is 2.25. The van der Waals surface area contributed by atoms with E-state index in [1.165, 1.54) is 47.4 Å². The van der Waals surface area contributed by atoms with Crippen LogP contribution in [0.2, 0.25) is 0 Å². The zero-order chi connectivity index (χ0) is 22.4. The Labute approximate surface area is 176 Å². The van der Waals surface area contributed by atoms with Gasteiger partial charge in [0.25, 0.3) is 5.91 Å². The summed E-state index contributed by atoms with van der Waals surface area (Å²) in [5.74, 6) is -1.08. The summed E-state index contributed by atoms with van der Waals surface area (Å²) in [6.07, 6.45) is 5.81. The number of carbonyl (C=O) groups excluding carboxylic acids is 2. The average molecular weight is 453 g/mol. The van der Waals surface area contributed by atoms with E-state index in [9.17, 15) is 26.4 Å². The number of carbonyl (C=O) groups is 2. The van der Waals surface area contributed by atoms with Gasteiger partial charge in [-0.2, -0.15) is 0 Å². The van der Waals surface area contributed by atoms with E-state index < -0.39 is 25.6 Å². The highest BCUT2D eigenvalue weighted by atomic mass is 32.2. The van der Waals surface area contributed by atoms with Crippen LogP contribution >= 0.6 is 0 Å². The molecule has 1 aliphatic heterocycles. The van der Waals surface area contributed by atoms with Crippen molar-refractivity contribution in [3.05, 3.63) is 65.6 Å². The van der Waals surface area contributed by atoms with Gasteiger partial charge in [0.15, 0.2) is 9.84 Å². The molecule has 0 radical (unpaired) electrons. The van der Waals surface area contributed by atoms with Crippen LogP contribution in [0.5, 0.6) is 0 Å². The maximum atomic E-state index is 12.7. The molecule has 0 unspecified atom stereocenters. The van der Waals surface area contributed by atoms with Crippen LogP contribution in [0.4, 0.5) is 0 Å². The summed E-state index contributed by atoms with van der Waals surface area (Å²) >= 11 is 0. The van der Waals surface area contributed by atoms with Gasteiger partial charge in [0.2, 0.25) is 15.7 Å². The number of hydrogen-bond acceptors (Lipinski definition) is 6. The van der Waals surface area contributed by atoms with Gasteiger partial charge in [-0.15, -0.1) is 0 Å². The van der Waals surface area contributed by atoms with Gasteiger partial charge in [-0.3, -0.25) is 9.59 Å². The van der Waals surface area contributed by atoms with Crippen molar-refractivity contribution in [2.24, 2.45) is 0 Å². The van der Waals surface area contributed by atoms with Crippen molar-refractivity contribution in [3.8, 4) is 0 Å². The highest BCUT2D eigenvalue weighted by molar-refractivity contribution is 7.95. The SMILES string of the molecule is C=C/C=C(\C=C/C)S(=O)(=O)c1ccc(C(=O)NCC(=O)N2CCS(=O)(=O)CC2)cc1. The lowest BCUT2D eigenvalue weighted by Crippen LogP contribution is -2.47. The van der Waals surface area contributed by atoms with Gasteiger partial charge in [-0.25, -0.2) is 16.8 Å². The van der Waals surface area contributed by atoms with E-state index in [-0.39, 0.29) is 52.4 Å². The number of nitrogens with one attached hydrogen (secondary N) is 1. The lowest BCUT2D eigenvalue weighted by molar-refractivity contribution is -0.129. The van der Waals surface area contributed by atoms with Crippen molar-refractivity contribution in [1.82, 2.24) is 10.2 Å². The fourth-order valence-corrected chi connectivity index (χ4v) is 5.33. The molecule has 0 aliphatic carbocycles. The smallest absolute Gasteiger partial charge is 0.251 e. The number of allylic oxidation sites excluding steroid dienone is 4. The summed E-state index contributed by atoms with van der Waals surface area (Å²) in [5.41, 5.74) is 0.197. The molecule has 162 valence electrons. The molecule has 1 fully saturated rings. The quantitative estimate of drug-likeness (QED) is 0.619. The summed E-state index contributed by atoms with van der Waals surface area (Å²) in [7, 11) is -6.85. The zero-order valence-corrected chi connectivity index (χ0v) is 18.2. The Balaban J connectivity index is 2.02. The van der Waals surface area contributed by atoms with Crippen LogP contribution in [0, 0.1) is 0 Å². The molecular formula is C20H24N2O6S2. The minimum Gasteiger partial charge on any atom is -0.343 e. The largest absolute Gasteiger partial charge is 0.343 e. The van der Waals surface area contributed by atoms with E-state index in [1.807, 2.05) is 0 Å². The number of benzene rings is 1. The topological polar surface area (TPSA) is 118 Å². The minimum atomic E-state index is -3.76. The Morgan fingerprint density at radius 1 is 1.17 bits per heavy atom. The van der Waals surface area contributed by atoms with Gasteiger partial charge in [0.1, 0.15) is 0 Å². The Morgan fingerprint density at radius 3 is 2.30 bits per heavy atom. The third-order valence-corrected chi connectivity index (χ3v) is 7.84. The van der Waals surface area contributed by atoms with Crippen LogP contribution in [0.25, 0.3) is 0 Å². The minimum absolute atomic E-state index is 0.0239. The summed E-state index contributed by atoms with van der Waals surface area (Å²) in [4.78, 5) is 25.9. The van der Waals surface area contributed by atoms with Crippen LogP contribution in [0.1, 0.15) is 17.3 Å². The maximum Gasteiger partial charge on any atom is 0.251 e. The molecule has 8 nitrogen and oxygen atoms in total. The molecule has 0 saturated carbocycles. The van der Waals surface area contributed by atoms with Crippen molar-refractivity contribution in [3.63, 3.8) is 0 Å². The van der Waals surface area contributed by atoms with Gasteiger partial charge in [0, 0.05) is 18.7 Å². The van der Waals surface area contributed by atoms with Crippen molar-refractivity contribution in [2.45, 2.75) is 11.8 Å². The van der Waals surface area contributed by atoms with Gasteiger partial charge in [-0.05, 0) is 43.3 Å². The molecule has 1 aromatic carbocycles. The van der Waals surface area contributed by atoms with Crippen molar-refractivity contribution < 1.29 is 26.4 Å². The maximum absolute atomic E-state index is 12.7. The van der Waals surface area contributed by atoms with Gasteiger partial charge in [-0.1, -0.05) is 18.7 Å². The molecule has 1 N–H and O–H groups in total.